The van der Waals surface area contributed by atoms with Crippen LogP contribution in [0.1, 0.15) is 131 Å². The number of sulfonamides is 4. The maximum Gasteiger partial charge on any atom is 0.286 e. The van der Waals surface area contributed by atoms with Crippen LogP contribution in [0.3, 0.4) is 0 Å². The largest absolute Gasteiger partial charge is 0.497 e. The number of aryl methyl sites for hydroxylation is 3. The van der Waals surface area contributed by atoms with Gasteiger partial charge in [0.05, 0.1) is 70.9 Å². The molecule has 6 N–H and O–H groups in total. The second-order valence-electron chi connectivity index (χ2n) is 32.5. The van der Waals surface area contributed by atoms with Gasteiger partial charge in [0.25, 0.3) is 46.0 Å². The van der Waals surface area contributed by atoms with E-state index in [-0.39, 0.29) is 104 Å². The van der Waals surface area contributed by atoms with Crippen molar-refractivity contribution < 1.29 is 80.1 Å². The van der Waals surface area contributed by atoms with E-state index in [0.717, 1.165) is 52.7 Å². The lowest BCUT2D eigenvalue weighted by Crippen LogP contribution is -2.16. The molecule has 0 amide bonds. The topological polar surface area (TPSA) is 347 Å². The van der Waals surface area contributed by atoms with E-state index in [9.17, 15) is 70.6 Å². The molecule has 0 aliphatic carbocycles. The molecule has 0 aliphatic heterocycles. The van der Waals surface area contributed by atoms with Gasteiger partial charge >= 0.3 is 0 Å². The van der Waals surface area contributed by atoms with Crippen LogP contribution in [0.2, 0.25) is 25.1 Å². The fourth-order valence-corrected chi connectivity index (χ4v) is 21.8. The van der Waals surface area contributed by atoms with Crippen LogP contribution in [0.5, 0.6) is 11.5 Å². The van der Waals surface area contributed by atoms with E-state index in [0.29, 0.717) is 86.0 Å². The van der Waals surface area contributed by atoms with Gasteiger partial charge in [0, 0.05) is 112 Å². The van der Waals surface area contributed by atoms with Crippen LogP contribution in [0, 0.1) is 6.92 Å². The van der Waals surface area contributed by atoms with Crippen molar-refractivity contribution in [2.24, 2.45) is 7.05 Å². The van der Waals surface area contributed by atoms with E-state index < -0.39 is 61.5 Å². The number of aromatic nitrogens is 2. The summed E-state index contributed by atoms with van der Waals surface area (Å²) in [7, 11) is -15.7. The molecule has 0 aliphatic rings. The molecule has 1 unspecified atom stereocenters. The zero-order valence-electron chi connectivity index (χ0n) is 79.2. The summed E-state index contributed by atoms with van der Waals surface area (Å²) in [5, 5.41) is 9.04. The lowest BCUT2D eigenvalue weighted by Gasteiger charge is -2.16. The summed E-state index contributed by atoms with van der Waals surface area (Å²) in [5.74, 6) is 0.344. The van der Waals surface area contributed by atoms with Crippen molar-refractivity contribution in [2.75, 3.05) is 42.6 Å². The SMILES string of the molecule is C=S(=O)(Nc1ccc(Cl)cc1C(=O)c1ccccc1)c1ccc(NCC)cc1.CCc1ccc(S(=O)(=O)Nc2ccc(Cl)cc2C(=O)c2cccc(Cl)c2)cc1.COc1ccc(S(=O)(=O)Nc2ccc(Cl)cc2C(=O)c2ccccc2)cc1.Cc1ccc(NS(=O)(=O)c2ccc(OC(C)C)cc2)c(C(=O)c2ccccc2)c1.Cn1nc(-c2ccc(S(=O)(=O)Nc3ccc(Cl)cc3C(=O)c3ccccc3)s2)cc1C(C)(F)F. The second kappa shape index (κ2) is 49.2. The summed E-state index contributed by atoms with van der Waals surface area (Å²) in [6.45, 7) is 11.2. The Morgan fingerprint density at radius 2 is 0.740 bits per heavy atom. The molecule has 0 bridgehead atoms. The number of carbonyl (C=O) groups excluding carboxylic acids is 5. The highest BCUT2D eigenvalue weighted by molar-refractivity contribution is 8.01. The van der Waals surface area contributed by atoms with Gasteiger partial charge in [-0.2, -0.15) is 13.9 Å². The molecule has 14 aromatic carbocycles. The first-order valence-corrected chi connectivity index (χ1v) is 54.8. The van der Waals surface area contributed by atoms with Crippen LogP contribution in [0.15, 0.2) is 376 Å². The van der Waals surface area contributed by atoms with Crippen molar-refractivity contribution in [3.63, 3.8) is 0 Å². The number of thiophene rings is 1. The quantitative estimate of drug-likeness (QED) is 0.0164. The first kappa shape index (κ1) is 111. The van der Waals surface area contributed by atoms with E-state index in [4.69, 9.17) is 67.5 Å². The van der Waals surface area contributed by atoms with Gasteiger partial charge in [-0.15, -0.1) is 11.3 Å². The normalized spacial score (nSPS) is 11.7. The summed E-state index contributed by atoms with van der Waals surface area (Å²) < 4.78 is 168. The van der Waals surface area contributed by atoms with Crippen molar-refractivity contribution in [3.8, 4) is 22.1 Å². The molecule has 37 heteroatoms. The van der Waals surface area contributed by atoms with Crippen molar-refractivity contribution in [1.29, 1.82) is 0 Å². The molecule has 752 valence electrons. The summed E-state index contributed by atoms with van der Waals surface area (Å²) in [6, 6.07) is 94.2. The van der Waals surface area contributed by atoms with E-state index in [1.165, 1.54) is 129 Å². The van der Waals surface area contributed by atoms with Crippen molar-refractivity contribution in [2.45, 2.75) is 83.8 Å². The number of nitrogens with zero attached hydrogens (tertiary/aromatic N) is 2. The molecule has 0 saturated carbocycles. The van der Waals surface area contributed by atoms with Gasteiger partial charge in [-0.05, 0) is 246 Å². The molecule has 0 fully saturated rings. The second-order valence-corrected chi connectivity index (χ2v) is 44.8. The van der Waals surface area contributed by atoms with E-state index >= 15 is 0 Å². The third-order valence-corrected chi connectivity index (χ3v) is 31.2. The van der Waals surface area contributed by atoms with Gasteiger partial charge in [-0.25, -0.2) is 37.9 Å². The Kier molecular flexibility index (Phi) is 37.3. The number of ether oxygens (including phenoxy) is 2. The molecule has 24 nitrogen and oxygen atoms in total. The number of hydrogen-bond acceptors (Lipinski definition) is 19. The van der Waals surface area contributed by atoms with Gasteiger partial charge < -0.3 is 19.5 Å². The zero-order chi connectivity index (χ0) is 106. The minimum Gasteiger partial charge on any atom is -0.497 e. The molecular formula is C109H95Cl5F2N8O16S6. The Hall–Kier alpha value is -14.1. The highest BCUT2D eigenvalue weighted by Gasteiger charge is 2.32. The highest BCUT2D eigenvalue weighted by Crippen LogP contribution is 2.39. The van der Waals surface area contributed by atoms with Crippen molar-refractivity contribution >= 4 is 188 Å². The number of carbonyl (C=O) groups is 5. The number of ketones is 5. The third kappa shape index (κ3) is 29.6. The zero-order valence-corrected chi connectivity index (χ0v) is 87.9. The summed E-state index contributed by atoms with van der Waals surface area (Å²) in [5.41, 5.74) is 7.05. The van der Waals surface area contributed by atoms with Crippen LogP contribution in [-0.2, 0) is 69.2 Å². The van der Waals surface area contributed by atoms with Crippen LogP contribution in [0.4, 0.5) is 42.9 Å². The van der Waals surface area contributed by atoms with Crippen molar-refractivity contribution in [1.82, 2.24) is 9.78 Å². The number of halogens is 7. The summed E-state index contributed by atoms with van der Waals surface area (Å²) in [6.07, 6.45) is 0.804. The number of methoxy groups -OCH3 is 1. The van der Waals surface area contributed by atoms with Gasteiger partial charge in [0.2, 0.25) is 0 Å². The van der Waals surface area contributed by atoms with E-state index in [2.05, 4.69) is 39.9 Å². The molecule has 1 atom stereocenters. The molecule has 2 heterocycles. The van der Waals surface area contributed by atoms with Crippen molar-refractivity contribution in [3.05, 3.63) is 449 Å². The number of anilines is 6. The monoisotopic (exact) mass is 2180 g/mol. The predicted molar refractivity (Wildman–Crippen MR) is 579 cm³/mol. The van der Waals surface area contributed by atoms with Gasteiger partial charge in [-0.3, -0.25) is 47.5 Å². The minimum atomic E-state index is -4.09. The Bertz CT molecular complexity index is 8050. The van der Waals surface area contributed by atoms with E-state index in [1.54, 1.807) is 212 Å². The minimum absolute atomic E-state index is 0.00491. The standard InChI is InChI=1S/C23H18ClF2N3O3S2.C23H23NO4S.C22H21ClN2O2S.C21H17Cl2NO3S.C20H16ClNO4S/c1-23(25,26)20-13-18(27-29(20)2)19-10-11-21(33-19)34(31,32)28-17-9-8-15(24)12-16(17)22(30)14-6-4-3-5-7-14;1-16(2)28-19-10-12-20(13-11-19)29(26,27)24-22-14-9-17(3)15-21(22)23(25)18-7-5-4-6-8-18;1-3-24-18-10-12-19(13-11-18)28(2,27)25-21-14-9-17(23)15-20(21)22(26)16-7-5-4-6-8-16;1-2-14-6-9-18(10-7-14)28(26,27)24-20-11-8-17(23)13-19(20)21(25)15-4-3-5-16(22)12-15;1-26-16-8-10-17(11-9-16)27(24,25)22-19-12-7-15(21)13-18(19)20(23)14-5-3-2-4-6-14/h3-13,28H,1-2H3;4-16,24H,1-3H3;4-15,24H,2-3H2,1H3,(H,25,27);3-13,24H,2H2,1H3;2-13,22H,1H3. The maximum atomic E-state index is 13.7. The van der Waals surface area contributed by atoms with Crippen LogP contribution in [-0.4, -0.2) is 102 Å². The summed E-state index contributed by atoms with van der Waals surface area (Å²) in [4.78, 5) is 65.8. The fourth-order valence-electron chi connectivity index (χ4n) is 14.1. The van der Waals surface area contributed by atoms with Gasteiger partial charge in [0.1, 0.15) is 27.1 Å². The molecule has 0 radical (unpaired) electrons. The Balaban J connectivity index is 0.000000163. The molecule has 2 aromatic heterocycles. The number of nitrogens with one attached hydrogen (secondary N) is 6. The van der Waals surface area contributed by atoms with Gasteiger partial charge in [0.15, 0.2) is 28.9 Å². The molecule has 16 aromatic rings. The summed E-state index contributed by atoms with van der Waals surface area (Å²) >= 11 is 31.1. The number of hydrogen-bond donors (Lipinski definition) is 6. The van der Waals surface area contributed by atoms with Crippen LogP contribution < -0.4 is 38.4 Å². The first-order valence-electron chi connectivity index (χ1n) is 44.4. The molecule has 0 spiro atoms. The lowest BCUT2D eigenvalue weighted by molar-refractivity contribution is 0.00878. The van der Waals surface area contributed by atoms with Crippen LogP contribution in [0.25, 0.3) is 10.6 Å². The number of alkyl halides is 2. The smallest absolute Gasteiger partial charge is 0.286 e. The first-order chi connectivity index (χ1) is 69.3. The Morgan fingerprint density at radius 3 is 1.10 bits per heavy atom. The van der Waals surface area contributed by atoms with Gasteiger partial charge in [-0.1, -0.05) is 222 Å². The average Bonchev–Trinajstić information content (AvgIpc) is 1.67. The predicted octanol–water partition coefficient (Wildman–Crippen LogP) is 25.8. The fraction of sp³-hybridized carbons (Fsp3) is 0.110. The molecule has 16 rings (SSSR count). The molecular weight excluding hydrogens is 2080 g/mol. The van der Waals surface area contributed by atoms with Crippen LogP contribution >= 0.6 is 69.3 Å². The Morgan fingerprint density at radius 1 is 0.397 bits per heavy atom. The number of benzene rings is 14. The highest BCUT2D eigenvalue weighted by atomic mass is 35.5. The average molecular weight is 2180 g/mol. The lowest BCUT2D eigenvalue weighted by atomic mass is 10.00. The molecule has 146 heavy (non-hydrogen) atoms. The molecule has 0 saturated heterocycles. The number of rotatable bonds is 33. The third-order valence-electron chi connectivity index (χ3n) is 21.4. The van der Waals surface area contributed by atoms with E-state index in [1.807, 2.05) is 58.9 Å². The maximum absolute atomic E-state index is 13.7. The Labute approximate surface area is 875 Å².